The van der Waals surface area contributed by atoms with Crippen LogP contribution in [0.4, 0.5) is 0 Å². The summed E-state index contributed by atoms with van der Waals surface area (Å²) in [5, 5.41) is 1.22. The van der Waals surface area contributed by atoms with Crippen LogP contribution in [0.25, 0.3) is 12.2 Å². The average Bonchev–Trinajstić information content (AvgIpc) is 2.45. The van der Waals surface area contributed by atoms with E-state index < -0.39 is 0 Å². The van der Waals surface area contributed by atoms with E-state index in [-0.39, 0.29) is 11.2 Å². The molecule has 1 heterocycles. The third kappa shape index (κ3) is 5.73. The van der Waals surface area contributed by atoms with Crippen molar-refractivity contribution in [2.75, 3.05) is 0 Å². The van der Waals surface area contributed by atoms with Gasteiger partial charge in [-0.1, -0.05) is 53.7 Å². The Hall–Kier alpha value is -1.58. The lowest BCUT2D eigenvalue weighted by atomic mass is 10.3. The van der Waals surface area contributed by atoms with Crippen molar-refractivity contribution < 1.29 is 0 Å². The summed E-state index contributed by atoms with van der Waals surface area (Å²) in [6.07, 6.45) is 5.24. The van der Waals surface area contributed by atoms with Gasteiger partial charge in [-0.2, -0.15) is 0 Å². The first-order valence-corrected chi connectivity index (χ1v) is 7.11. The van der Waals surface area contributed by atoms with Crippen molar-refractivity contribution in [1.82, 2.24) is 9.55 Å². The number of H-pyrrole nitrogens is 1. The van der Waals surface area contributed by atoms with Crippen LogP contribution in [0.5, 0.6) is 0 Å². The molecule has 0 saturated heterocycles. The summed E-state index contributed by atoms with van der Waals surface area (Å²) < 4.78 is 1.09. The SMILES string of the molecule is CC.CC.CC/C=c1/[nH]c(=O)n(C)c(=O)/c1=C/CC. The van der Waals surface area contributed by atoms with E-state index in [0.717, 1.165) is 17.4 Å². The molecular formula is C15H28N2O2. The molecule has 0 aliphatic carbocycles. The first-order valence-electron chi connectivity index (χ1n) is 7.11. The summed E-state index contributed by atoms with van der Waals surface area (Å²) >= 11 is 0. The van der Waals surface area contributed by atoms with E-state index in [1.807, 2.05) is 53.7 Å². The fraction of sp³-hybridized carbons (Fsp3) is 0.600. The van der Waals surface area contributed by atoms with Crippen molar-refractivity contribution in [2.45, 2.75) is 54.4 Å². The van der Waals surface area contributed by atoms with Crippen LogP contribution in [0.3, 0.4) is 0 Å². The standard InChI is InChI=1S/C11H16N2O2.2C2H6/c1-4-6-8-9(7-5-2)12-11(15)13(3)10(8)14;2*1-2/h6-7H,4-5H2,1-3H3,(H,12,15);2*1-2H3/b8-6+,9-7+;;. The fourth-order valence-corrected chi connectivity index (χ4v) is 1.42. The maximum atomic E-state index is 11.8. The zero-order valence-corrected chi connectivity index (χ0v) is 13.3. The normalized spacial score (nSPS) is 11.3. The number of nitrogens with one attached hydrogen (secondary N) is 1. The second-order valence-electron chi connectivity index (χ2n) is 3.35. The Balaban J connectivity index is 0. The van der Waals surface area contributed by atoms with E-state index >= 15 is 0 Å². The average molecular weight is 268 g/mol. The molecule has 1 aromatic heterocycles. The van der Waals surface area contributed by atoms with Crippen LogP contribution >= 0.6 is 0 Å². The molecular weight excluding hydrogens is 240 g/mol. The number of hydrogen-bond acceptors (Lipinski definition) is 2. The highest BCUT2D eigenvalue weighted by Gasteiger charge is 1.98. The lowest BCUT2D eigenvalue weighted by molar-refractivity contribution is 0.755. The minimum absolute atomic E-state index is 0.236. The largest absolute Gasteiger partial charge is 0.328 e. The molecule has 19 heavy (non-hydrogen) atoms. The summed E-state index contributed by atoms with van der Waals surface area (Å²) in [4.78, 5) is 25.8. The second kappa shape index (κ2) is 11.5. The van der Waals surface area contributed by atoms with Gasteiger partial charge in [-0.15, -0.1) is 0 Å². The number of aromatic amines is 1. The summed E-state index contributed by atoms with van der Waals surface area (Å²) in [6.45, 7) is 11.9. The molecule has 1 aromatic rings. The molecule has 1 N–H and O–H groups in total. The Labute approximate surface area is 115 Å². The quantitative estimate of drug-likeness (QED) is 0.884. The molecule has 4 nitrogen and oxygen atoms in total. The molecule has 0 saturated carbocycles. The molecule has 0 unspecified atom stereocenters. The molecule has 0 aromatic carbocycles. The topological polar surface area (TPSA) is 54.9 Å². The van der Waals surface area contributed by atoms with Gasteiger partial charge in [0, 0.05) is 7.05 Å². The van der Waals surface area contributed by atoms with Crippen LogP contribution in [0.1, 0.15) is 54.4 Å². The molecule has 4 heteroatoms. The zero-order chi connectivity index (χ0) is 15.4. The van der Waals surface area contributed by atoms with Crippen molar-refractivity contribution >= 4 is 12.2 Å². The van der Waals surface area contributed by atoms with Gasteiger partial charge in [0.25, 0.3) is 5.56 Å². The number of hydrogen-bond donors (Lipinski definition) is 1. The molecule has 1 rings (SSSR count). The Kier molecular flexibility index (Phi) is 12.0. The lowest BCUT2D eigenvalue weighted by Gasteiger charge is -1.96. The summed E-state index contributed by atoms with van der Waals surface area (Å²) in [7, 11) is 1.48. The molecule has 0 bridgehead atoms. The summed E-state index contributed by atoms with van der Waals surface area (Å²) in [6, 6.07) is 0. The Bertz CT molecular complexity index is 565. The minimum atomic E-state index is -0.368. The van der Waals surface area contributed by atoms with E-state index in [9.17, 15) is 9.59 Å². The fourth-order valence-electron chi connectivity index (χ4n) is 1.42. The van der Waals surface area contributed by atoms with Gasteiger partial charge in [0.1, 0.15) is 0 Å². The van der Waals surface area contributed by atoms with Crippen LogP contribution in [-0.2, 0) is 7.05 Å². The van der Waals surface area contributed by atoms with Gasteiger partial charge in [0.15, 0.2) is 0 Å². The van der Waals surface area contributed by atoms with E-state index in [1.54, 1.807) is 0 Å². The van der Waals surface area contributed by atoms with Crippen LogP contribution in [0, 0.1) is 0 Å². The van der Waals surface area contributed by atoms with Crippen LogP contribution in [0.2, 0.25) is 0 Å². The van der Waals surface area contributed by atoms with Gasteiger partial charge in [0.2, 0.25) is 0 Å². The predicted molar refractivity (Wildman–Crippen MR) is 83.8 cm³/mol. The Morgan fingerprint density at radius 1 is 1.00 bits per heavy atom. The molecule has 0 aliphatic rings. The zero-order valence-electron chi connectivity index (χ0n) is 13.3. The van der Waals surface area contributed by atoms with Crippen molar-refractivity contribution in [2.24, 2.45) is 7.05 Å². The van der Waals surface area contributed by atoms with Crippen molar-refractivity contribution in [3.8, 4) is 0 Å². The molecule has 0 atom stereocenters. The van der Waals surface area contributed by atoms with Crippen LogP contribution < -0.4 is 21.8 Å². The van der Waals surface area contributed by atoms with Gasteiger partial charge in [-0.3, -0.25) is 9.36 Å². The number of nitrogens with zero attached hydrogens (tertiary/aromatic N) is 1. The highest BCUT2D eigenvalue weighted by molar-refractivity contribution is 5.26. The van der Waals surface area contributed by atoms with E-state index in [1.165, 1.54) is 7.05 Å². The number of aromatic nitrogens is 2. The first kappa shape index (κ1) is 19.8. The van der Waals surface area contributed by atoms with Gasteiger partial charge in [0.05, 0.1) is 10.6 Å². The van der Waals surface area contributed by atoms with Gasteiger partial charge in [-0.05, 0) is 12.8 Å². The predicted octanol–water partition coefficient (Wildman–Crippen LogP) is 1.51. The smallest absolute Gasteiger partial charge is 0.307 e. The van der Waals surface area contributed by atoms with E-state index in [4.69, 9.17) is 0 Å². The highest BCUT2D eigenvalue weighted by atomic mass is 16.2. The third-order valence-electron chi connectivity index (χ3n) is 2.19. The third-order valence-corrected chi connectivity index (χ3v) is 2.19. The first-order chi connectivity index (χ1) is 9.11. The summed E-state index contributed by atoms with van der Waals surface area (Å²) in [5.41, 5.74) is -0.603. The molecule has 0 aliphatic heterocycles. The van der Waals surface area contributed by atoms with Crippen molar-refractivity contribution in [1.29, 1.82) is 0 Å². The monoisotopic (exact) mass is 268 g/mol. The molecule has 110 valence electrons. The molecule has 0 spiro atoms. The molecule has 0 radical (unpaired) electrons. The van der Waals surface area contributed by atoms with Gasteiger partial charge in [-0.25, -0.2) is 4.79 Å². The second-order valence-corrected chi connectivity index (χ2v) is 3.35. The van der Waals surface area contributed by atoms with Crippen LogP contribution in [-0.4, -0.2) is 9.55 Å². The van der Waals surface area contributed by atoms with Crippen molar-refractivity contribution in [3.05, 3.63) is 31.4 Å². The molecule has 0 amide bonds. The maximum absolute atomic E-state index is 11.8. The highest BCUT2D eigenvalue weighted by Crippen LogP contribution is 1.73. The van der Waals surface area contributed by atoms with Gasteiger partial charge < -0.3 is 4.98 Å². The van der Waals surface area contributed by atoms with Crippen LogP contribution in [0.15, 0.2) is 9.59 Å². The number of rotatable bonds is 2. The van der Waals surface area contributed by atoms with E-state index in [0.29, 0.717) is 10.6 Å². The van der Waals surface area contributed by atoms with E-state index in [2.05, 4.69) is 4.98 Å². The van der Waals surface area contributed by atoms with Crippen molar-refractivity contribution in [3.63, 3.8) is 0 Å². The lowest BCUT2D eigenvalue weighted by Crippen LogP contribution is -2.52. The summed E-state index contributed by atoms with van der Waals surface area (Å²) in [5.74, 6) is 0. The maximum Gasteiger partial charge on any atom is 0.328 e. The molecule has 0 fully saturated rings. The van der Waals surface area contributed by atoms with Gasteiger partial charge >= 0.3 is 5.69 Å². The Morgan fingerprint density at radius 2 is 1.47 bits per heavy atom. The Morgan fingerprint density at radius 3 is 1.89 bits per heavy atom. The minimum Gasteiger partial charge on any atom is -0.307 e.